The minimum Gasteiger partial charge on any atom is -0.397 e. The Morgan fingerprint density at radius 2 is 1.60 bits per heavy atom. The molecule has 5 N–H and O–H groups in total. The molecule has 0 unspecified atom stereocenters. The maximum atomic E-state index is 5.82. The Hall–Kier alpha value is -2.36. The maximum Gasteiger partial charge on any atom is 0.0568 e. The third kappa shape index (κ3) is 3.15. The molecule has 0 bridgehead atoms. The first-order valence-corrected chi connectivity index (χ1v) is 6.91. The number of nitrogens with zero attached hydrogens (tertiary/aromatic N) is 1. The van der Waals surface area contributed by atoms with Crippen molar-refractivity contribution in [2.45, 2.75) is 13.8 Å². The first kappa shape index (κ1) is 14.1. The molecule has 2 aromatic rings. The van der Waals surface area contributed by atoms with Crippen molar-refractivity contribution >= 4 is 28.4 Å². The average Bonchev–Trinajstić information content (AvgIpc) is 2.45. The van der Waals surface area contributed by atoms with Crippen molar-refractivity contribution in [1.82, 2.24) is 0 Å². The predicted molar refractivity (Wildman–Crippen MR) is 88.6 cm³/mol. The molecule has 0 fully saturated rings. The Labute approximate surface area is 120 Å². The second-order valence-corrected chi connectivity index (χ2v) is 4.69. The van der Waals surface area contributed by atoms with Crippen molar-refractivity contribution in [2.75, 3.05) is 34.8 Å². The molecule has 4 heteroatoms. The van der Waals surface area contributed by atoms with Crippen LogP contribution in [0.2, 0.25) is 0 Å². The summed E-state index contributed by atoms with van der Waals surface area (Å²) >= 11 is 0. The number of rotatable bonds is 5. The highest BCUT2D eigenvalue weighted by molar-refractivity contribution is 5.73. The van der Waals surface area contributed by atoms with Crippen molar-refractivity contribution in [1.29, 1.82) is 0 Å². The molecule has 4 nitrogen and oxygen atoms in total. The van der Waals surface area contributed by atoms with Crippen LogP contribution in [-0.2, 0) is 0 Å². The molecule has 0 atom stereocenters. The van der Waals surface area contributed by atoms with Gasteiger partial charge in [0.25, 0.3) is 0 Å². The molecule has 0 saturated carbocycles. The van der Waals surface area contributed by atoms with E-state index in [4.69, 9.17) is 11.5 Å². The van der Waals surface area contributed by atoms with E-state index in [-0.39, 0.29) is 0 Å². The lowest BCUT2D eigenvalue weighted by atomic mass is 10.2. The van der Waals surface area contributed by atoms with Gasteiger partial charge in [-0.2, -0.15) is 0 Å². The van der Waals surface area contributed by atoms with E-state index in [9.17, 15) is 0 Å². The number of hydrogen-bond acceptors (Lipinski definition) is 4. The highest BCUT2D eigenvalue weighted by Crippen LogP contribution is 2.25. The second kappa shape index (κ2) is 6.19. The van der Waals surface area contributed by atoms with Crippen molar-refractivity contribution in [3.63, 3.8) is 0 Å². The van der Waals surface area contributed by atoms with Gasteiger partial charge in [0.05, 0.1) is 11.4 Å². The summed E-state index contributed by atoms with van der Waals surface area (Å²) in [6.07, 6.45) is 0. The number of nitrogens with one attached hydrogen (secondary N) is 1. The molecule has 2 aromatic carbocycles. The van der Waals surface area contributed by atoms with Gasteiger partial charge < -0.3 is 21.7 Å². The van der Waals surface area contributed by atoms with Gasteiger partial charge in [0.1, 0.15) is 0 Å². The zero-order chi connectivity index (χ0) is 14.5. The van der Waals surface area contributed by atoms with Crippen LogP contribution < -0.4 is 21.7 Å². The van der Waals surface area contributed by atoms with E-state index in [1.54, 1.807) is 0 Å². The fraction of sp³-hybridized carbons (Fsp3) is 0.250. The zero-order valence-electron chi connectivity index (χ0n) is 12.1. The third-order valence-electron chi connectivity index (χ3n) is 3.35. The lowest BCUT2D eigenvalue weighted by Crippen LogP contribution is -2.21. The highest BCUT2D eigenvalue weighted by Gasteiger charge is 2.03. The molecular weight excluding hydrogens is 248 g/mol. The standard InChI is InChI=1S/C16H22N4/c1-3-20(4-2)14-7-5-6-12(10-14)19-13-8-9-15(17)16(18)11-13/h5-11,19H,3-4,17-18H2,1-2H3. The quantitative estimate of drug-likeness (QED) is 0.728. The average molecular weight is 270 g/mol. The Bertz CT molecular complexity index is 576. The van der Waals surface area contributed by atoms with E-state index in [0.717, 1.165) is 24.5 Å². The Morgan fingerprint density at radius 1 is 0.900 bits per heavy atom. The molecule has 0 aliphatic heterocycles. The van der Waals surface area contributed by atoms with E-state index in [2.05, 4.69) is 42.3 Å². The molecule has 106 valence electrons. The summed E-state index contributed by atoms with van der Waals surface area (Å²) in [7, 11) is 0. The van der Waals surface area contributed by atoms with Gasteiger partial charge in [0, 0.05) is 30.2 Å². The molecular formula is C16H22N4. The van der Waals surface area contributed by atoms with Crippen LogP contribution in [-0.4, -0.2) is 13.1 Å². The fourth-order valence-electron chi connectivity index (χ4n) is 2.19. The van der Waals surface area contributed by atoms with Crippen molar-refractivity contribution in [2.24, 2.45) is 0 Å². The van der Waals surface area contributed by atoms with Crippen LogP contribution in [0.25, 0.3) is 0 Å². The van der Waals surface area contributed by atoms with Crippen LogP contribution in [0.5, 0.6) is 0 Å². The molecule has 0 radical (unpaired) electrons. The fourth-order valence-corrected chi connectivity index (χ4v) is 2.19. The summed E-state index contributed by atoms with van der Waals surface area (Å²) < 4.78 is 0. The molecule has 0 saturated heterocycles. The van der Waals surface area contributed by atoms with Gasteiger partial charge in [0.2, 0.25) is 0 Å². The number of anilines is 5. The molecule has 0 heterocycles. The molecule has 2 rings (SSSR count). The van der Waals surface area contributed by atoms with Crippen molar-refractivity contribution < 1.29 is 0 Å². The molecule has 0 aromatic heterocycles. The minimum atomic E-state index is 0.592. The third-order valence-corrected chi connectivity index (χ3v) is 3.35. The Kier molecular flexibility index (Phi) is 4.35. The van der Waals surface area contributed by atoms with Crippen LogP contribution in [0, 0.1) is 0 Å². The minimum absolute atomic E-state index is 0.592. The van der Waals surface area contributed by atoms with E-state index >= 15 is 0 Å². The summed E-state index contributed by atoms with van der Waals surface area (Å²) in [5, 5.41) is 3.35. The summed E-state index contributed by atoms with van der Waals surface area (Å²) in [5.41, 5.74) is 15.9. The summed E-state index contributed by atoms with van der Waals surface area (Å²) in [6.45, 7) is 6.30. The largest absolute Gasteiger partial charge is 0.397 e. The van der Waals surface area contributed by atoms with Crippen LogP contribution in [0.15, 0.2) is 42.5 Å². The predicted octanol–water partition coefficient (Wildman–Crippen LogP) is 3.44. The Morgan fingerprint density at radius 3 is 2.25 bits per heavy atom. The first-order valence-electron chi connectivity index (χ1n) is 6.91. The molecule has 20 heavy (non-hydrogen) atoms. The van der Waals surface area contributed by atoms with Gasteiger partial charge in [-0.3, -0.25) is 0 Å². The van der Waals surface area contributed by atoms with Crippen LogP contribution in [0.4, 0.5) is 28.4 Å². The highest BCUT2D eigenvalue weighted by atomic mass is 15.1. The first-order chi connectivity index (χ1) is 9.63. The smallest absolute Gasteiger partial charge is 0.0568 e. The van der Waals surface area contributed by atoms with Crippen LogP contribution in [0.1, 0.15) is 13.8 Å². The van der Waals surface area contributed by atoms with Crippen molar-refractivity contribution in [3.05, 3.63) is 42.5 Å². The summed E-state index contributed by atoms with van der Waals surface area (Å²) in [5.74, 6) is 0. The van der Waals surface area contributed by atoms with E-state index in [0.29, 0.717) is 11.4 Å². The number of nitrogen functional groups attached to an aromatic ring is 2. The maximum absolute atomic E-state index is 5.82. The van der Waals surface area contributed by atoms with Crippen LogP contribution in [0.3, 0.4) is 0 Å². The lowest BCUT2D eigenvalue weighted by molar-refractivity contribution is 0.866. The van der Waals surface area contributed by atoms with Gasteiger partial charge in [-0.1, -0.05) is 6.07 Å². The monoisotopic (exact) mass is 270 g/mol. The summed E-state index contributed by atoms with van der Waals surface area (Å²) in [4.78, 5) is 2.31. The lowest BCUT2D eigenvalue weighted by Gasteiger charge is -2.21. The Balaban J connectivity index is 2.21. The van der Waals surface area contributed by atoms with Gasteiger partial charge >= 0.3 is 0 Å². The molecule has 0 aliphatic rings. The number of hydrogen-bond donors (Lipinski definition) is 3. The topological polar surface area (TPSA) is 67.3 Å². The SMILES string of the molecule is CCN(CC)c1cccc(Nc2ccc(N)c(N)c2)c1. The van der Waals surface area contributed by atoms with Gasteiger partial charge in [-0.05, 0) is 50.2 Å². The normalized spacial score (nSPS) is 10.3. The number of nitrogens with two attached hydrogens (primary N) is 2. The van der Waals surface area contributed by atoms with Crippen molar-refractivity contribution in [3.8, 4) is 0 Å². The van der Waals surface area contributed by atoms with Gasteiger partial charge in [0.15, 0.2) is 0 Å². The van der Waals surface area contributed by atoms with Gasteiger partial charge in [-0.25, -0.2) is 0 Å². The zero-order valence-corrected chi connectivity index (χ0v) is 12.1. The second-order valence-electron chi connectivity index (χ2n) is 4.69. The van der Waals surface area contributed by atoms with E-state index in [1.807, 2.05) is 24.3 Å². The van der Waals surface area contributed by atoms with E-state index < -0.39 is 0 Å². The molecule has 0 spiro atoms. The van der Waals surface area contributed by atoms with E-state index in [1.165, 1.54) is 5.69 Å². The molecule has 0 amide bonds. The molecule has 0 aliphatic carbocycles. The number of benzene rings is 2. The van der Waals surface area contributed by atoms with Gasteiger partial charge in [-0.15, -0.1) is 0 Å². The van der Waals surface area contributed by atoms with Crippen LogP contribution >= 0.6 is 0 Å². The summed E-state index contributed by atoms with van der Waals surface area (Å²) in [6, 6.07) is 13.9.